The predicted octanol–water partition coefficient (Wildman–Crippen LogP) is 3.31. The van der Waals surface area contributed by atoms with Crippen molar-refractivity contribution in [1.29, 1.82) is 0 Å². The number of anilines is 1. The third kappa shape index (κ3) is 6.15. The summed E-state index contributed by atoms with van der Waals surface area (Å²) in [5.41, 5.74) is 1.91. The number of sulfone groups is 1. The lowest BCUT2D eigenvalue weighted by Crippen LogP contribution is -2.24. The molecule has 1 aromatic heterocycles. The molecule has 0 bridgehead atoms. The summed E-state index contributed by atoms with van der Waals surface area (Å²) in [6.07, 6.45) is 7.15. The lowest BCUT2D eigenvalue weighted by atomic mass is 9.87. The average Bonchev–Trinajstić information content (AvgIpc) is 3.25. The Labute approximate surface area is 190 Å². The van der Waals surface area contributed by atoms with Gasteiger partial charge in [-0.3, -0.25) is 10.0 Å². The first-order valence-corrected chi connectivity index (χ1v) is 12.2. The summed E-state index contributed by atoms with van der Waals surface area (Å²) >= 11 is 6.21. The fraction of sp³-hybridized carbons (Fsp3) is 0.400. The van der Waals surface area contributed by atoms with Crippen molar-refractivity contribution in [1.82, 2.24) is 15.4 Å². The van der Waals surface area contributed by atoms with Crippen LogP contribution in [-0.4, -0.2) is 41.8 Å². The average molecular weight is 483 g/mol. The standard InChI is InChI=1S/C20H23ClN4O6S/c1-32(29,30)16-7-6-13(9-15(16)21)14(8-12-4-2-3-5-12)19(26)24-17-10-23-18(11-22-17)31-20(27)25-28/h6-7,9-12,14,28H,2-5,8H2,1H3,(H,25,27)(H,22,24,26)/t14-/m1/s1. The highest BCUT2D eigenvalue weighted by Gasteiger charge is 2.28. The van der Waals surface area contributed by atoms with Gasteiger partial charge in [-0.1, -0.05) is 43.4 Å². The van der Waals surface area contributed by atoms with E-state index in [1.807, 2.05) is 0 Å². The van der Waals surface area contributed by atoms with E-state index in [-0.39, 0.29) is 27.5 Å². The van der Waals surface area contributed by atoms with Crippen LogP contribution in [0.25, 0.3) is 0 Å². The van der Waals surface area contributed by atoms with Crippen molar-refractivity contribution < 1.29 is 28.0 Å². The number of hydrogen-bond donors (Lipinski definition) is 3. The minimum absolute atomic E-state index is 0.0105. The Bertz CT molecular complexity index is 1090. The van der Waals surface area contributed by atoms with Crippen LogP contribution in [0.2, 0.25) is 5.02 Å². The van der Waals surface area contributed by atoms with Crippen LogP contribution < -0.4 is 15.5 Å². The molecule has 2 aromatic rings. The van der Waals surface area contributed by atoms with Crippen LogP contribution in [0.3, 0.4) is 0 Å². The number of halogens is 1. The molecule has 12 heteroatoms. The van der Waals surface area contributed by atoms with Crippen LogP contribution in [0, 0.1) is 5.92 Å². The number of carbonyl (C=O) groups excluding carboxylic acids is 2. The zero-order valence-electron chi connectivity index (χ0n) is 17.2. The smallest absolute Gasteiger partial charge is 0.388 e. The van der Waals surface area contributed by atoms with Crippen molar-refractivity contribution in [2.75, 3.05) is 11.6 Å². The SMILES string of the molecule is CS(=O)(=O)c1ccc([C@@H](CC2CCCC2)C(=O)Nc2cnc(OC(=O)NO)cn2)cc1Cl. The molecule has 1 saturated carbocycles. The number of benzene rings is 1. The molecule has 32 heavy (non-hydrogen) atoms. The highest BCUT2D eigenvalue weighted by atomic mass is 35.5. The zero-order valence-corrected chi connectivity index (χ0v) is 18.8. The van der Waals surface area contributed by atoms with E-state index in [9.17, 15) is 18.0 Å². The Kier molecular flexibility index (Phi) is 7.64. The van der Waals surface area contributed by atoms with E-state index in [2.05, 4.69) is 20.0 Å². The maximum atomic E-state index is 13.1. The summed E-state index contributed by atoms with van der Waals surface area (Å²) in [5, 5.41) is 11.2. The summed E-state index contributed by atoms with van der Waals surface area (Å²) in [7, 11) is -3.49. The van der Waals surface area contributed by atoms with Gasteiger partial charge in [0.05, 0.1) is 28.2 Å². The van der Waals surface area contributed by atoms with Gasteiger partial charge in [0.15, 0.2) is 15.7 Å². The number of hydroxylamine groups is 1. The van der Waals surface area contributed by atoms with Crippen LogP contribution in [0.5, 0.6) is 5.88 Å². The van der Waals surface area contributed by atoms with Crippen LogP contribution >= 0.6 is 11.6 Å². The molecule has 1 aliphatic carbocycles. The Morgan fingerprint density at radius 3 is 2.53 bits per heavy atom. The summed E-state index contributed by atoms with van der Waals surface area (Å²) < 4.78 is 28.4. The molecule has 2 amide bonds. The van der Waals surface area contributed by atoms with Gasteiger partial charge < -0.3 is 10.1 Å². The minimum Gasteiger partial charge on any atom is -0.388 e. The summed E-state index contributed by atoms with van der Waals surface area (Å²) in [6.45, 7) is 0. The minimum atomic E-state index is -3.49. The second-order valence-electron chi connectivity index (χ2n) is 7.63. The molecule has 1 aliphatic rings. The topological polar surface area (TPSA) is 148 Å². The second-order valence-corrected chi connectivity index (χ2v) is 10.0. The van der Waals surface area contributed by atoms with Gasteiger partial charge in [0.25, 0.3) is 0 Å². The first kappa shape index (κ1) is 23.9. The lowest BCUT2D eigenvalue weighted by molar-refractivity contribution is -0.118. The maximum absolute atomic E-state index is 13.1. The monoisotopic (exact) mass is 482 g/mol. The van der Waals surface area contributed by atoms with Crippen molar-refractivity contribution in [2.24, 2.45) is 5.92 Å². The Morgan fingerprint density at radius 2 is 1.97 bits per heavy atom. The molecule has 1 fully saturated rings. The fourth-order valence-corrected chi connectivity index (χ4v) is 5.11. The second kappa shape index (κ2) is 10.2. The van der Waals surface area contributed by atoms with E-state index >= 15 is 0 Å². The number of carbonyl (C=O) groups is 2. The van der Waals surface area contributed by atoms with Crippen molar-refractivity contribution in [3.05, 3.63) is 41.2 Å². The summed E-state index contributed by atoms with van der Waals surface area (Å²) in [6, 6.07) is 4.55. The van der Waals surface area contributed by atoms with Crippen molar-refractivity contribution in [3.8, 4) is 5.88 Å². The first-order chi connectivity index (χ1) is 15.2. The maximum Gasteiger partial charge on any atom is 0.437 e. The normalized spacial score (nSPS) is 15.2. The van der Waals surface area contributed by atoms with Crippen LogP contribution in [0.15, 0.2) is 35.5 Å². The van der Waals surface area contributed by atoms with E-state index < -0.39 is 21.8 Å². The lowest BCUT2D eigenvalue weighted by Gasteiger charge is -2.21. The number of rotatable bonds is 7. The first-order valence-electron chi connectivity index (χ1n) is 9.91. The Balaban J connectivity index is 1.81. The molecule has 172 valence electrons. The molecule has 1 aromatic carbocycles. The van der Waals surface area contributed by atoms with E-state index in [1.54, 1.807) is 6.07 Å². The highest BCUT2D eigenvalue weighted by Crippen LogP contribution is 2.36. The number of ether oxygens (including phenoxy) is 1. The largest absolute Gasteiger partial charge is 0.437 e. The Morgan fingerprint density at radius 1 is 1.25 bits per heavy atom. The molecule has 0 aliphatic heterocycles. The van der Waals surface area contributed by atoms with Crippen LogP contribution in [-0.2, 0) is 14.6 Å². The van der Waals surface area contributed by atoms with Gasteiger partial charge in [0.1, 0.15) is 0 Å². The van der Waals surface area contributed by atoms with Gasteiger partial charge >= 0.3 is 6.09 Å². The van der Waals surface area contributed by atoms with Gasteiger partial charge in [-0.05, 0) is 30.0 Å². The van der Waals surface area contributed by atoms with Gasteiger partial charge in [0, 0.05) is 6.26 Å². The summed E-state index contributed by atoms with van der Waals surface area (Å²) in [5.74, 6) is -0.557. The number of nitrogens with one attached hydrogen (secondary N) is 2. The summed E-state index contributed by atoms with van der Waals surface area (Å²) in [4.78, 5) is 32.0. The third-order valence-electron chi connectivity index (χ3n) is 5.29. The van der Waals surface area contributed by atoms with Crippen LogP contribution in [0.4, 0.5) is 10.6 Å². The molecule has 3 N–H and O–H groups in total. The number of aromatic nitrogens is 2. The molecule has 1 heterocycles. The number of amides is 2. The van der Waals surface area contributed by atoms with Crippen molar-refractivity contribution in [3.63, 3.8) is 0 Å². The van der Waals surface area contributed by atoms with Gasteiger partial charge in [-0.25, -0.2) is 28.7 Å². The quantitative estimate of drug-likeness (QED) is 0.402. The predicted molar refractivity (Wildman–Crippen MR) is 115 cm³/mol. The molecule has 0 radical (unpaired) electrons. The van der Waals surface area contributed by atoms with Crippen LogP contribution in [0.1, 0.15) is 43.6 Å². The number of hydrogen-bond acceptors (Lipinski definition) is 8. The van der Waals surface area contributed by atoms with E-state index in [0.29, 0.717) is 17.9 Å². The van der Waals surface area contributed by atoms with E-state index in [4.69, 9.17) is 16.8 Å². The molecule has 1 atom stereocenters. The van der Waals surface area contributed by atoms with E-state index in [1.165, 1.54) is 23.8 Å². The van der Waals surface area contributed by atoms with Crippen molar-refractivity contribution >= 4 is 39.3 Å². The van der Waals surface area contributed by atoms with Crippen molar-refractivity contribution in [2.45, 2.75) is 42.9 Å². The van der Waals surface area contributed by atoms with Gasteiger partial charge in [-0.15, -0.1) is 0 Å². The van der Waals surface area contributed by atoms with E-state index in [0.717, 1.165) is 38.1 Å². The van der Waals surface area contributed by atoms with Gasteiger partial charge in [-0.2, -0.15) is 0 Å². The molecule has 0 saturated heterocycles. The molecule has 3 rings (SSSR count). The van der Waals surface area contributed by atoms with Gasteiger partial charge in [0.2, 0.25) is 11.8 Å². The highest BCUT2D eigenvalue weighted by molar-refractivity contribution is 7.90. The molecule has 0 spiro atoms. The number of nitrogens with zero attached hydrogens (tertiary/aromatic N) is 2. The Hall–Kier alpha value is -2.76. The molecular weight excluding hydrogens is 460 g/mol. The fourth-order valence-electron chi connectivity index (χ4n) is 3.77. The molecule has 0 unspecified atom stereocenters. The zero-order chi connectivity index (χ0) is 23.3. The molecular formula is C20H23ClN4O6S. The third-order valence-corrected chi connectivity index (χ3v) is 6.87. The molecule has 10 nitrogen and oxygen atoms in total.